The lowest BCUT2D eigenvalue weighted by molar-refractivity contribution is -0.144. The summed E-state index contributed by atoms with van der Waals surface area (Å²) in [5.74, 6) is -1.34. The number of carbonyl (C=O) groups is 3. The summed E-state index contributed by atoms with van der Waals surface area (Å²) in [7, 11) is 0. The smallest absolute Gasteiger partial charge is 0.235 e. The van der Waals surface area contributed by atoms with Crippen molar-refractivity contribution in [1.82, 2.24) is 4.90 Å². The number of rotatable bonds is 11. The number of aliphatic hydroxyl groups excluding tert-OH is 1. The van der Waals surface area contributed by atoms with E-state index in [2.05, 4.69) is 0 Å². The highest BCUT2D eigenvalue weighted by atomic mass is 16.3. The summed E-state index contributed by atoms with van der Waals surface area (Å²) < 4.78 is 0. The number of hydrogen-bond acceptors (Lipinski definition) is 5. The first-order chi connectivity index (χ1) is 10.9. The van der Waals surface area contributed by atoms with Crippen LogP contribution in [0.25, 0.3) is 0 Å². The molecule has 5 N–H and O–H groups in total. The summed E-state index contributed by atoms with van der Waals surface area (Å²) >= 11 is 0. The van der Waals surface area contributed by atoms with Crippen LogP contribution in [0.3, 0.4) is 0 Å². The molecule has 1 fully saturated rings. The topological polar surface area (TPSA) is 127 Å². The van der Waals surface area contributed by atoms with Gasteiger partial charge in [-0.05, 0) is 25.8 Å². The fraction of sp³-hybridized carbons (Fsp3) is 0.812. The van der Waals surface area contributed by atoms with E-state index in [0.29, 0.717) is 25.7 Å². The number of amides is 2. The SMILES string of the molecule is CCCCCC(CC=O)(C(N)=O)C(C(N)=O)N1CCCC1CO. The number of unbranched alkanes of at least 4 members (excludes halogenated alkanes) is 2. The second-order valence-corrected chi connectivity index (χ2v) is 6.37. The van der Waals surface area contributed by atoms with E-state index in [9.17, 15) is 19.5 Å². The van der Waals surface area contributed by atoms with Gasteiger partial charge in [0.2, 0.25) is 11.8 Å². The molecule has 0 aromatic rings. The first-order valence-electron chi connectivity index (χ1n) is 8.34. The van der Waals surface area contributed by atoms with Gasteiger partial charge in [0.25, 0.3) is 0 Å². The van der Waals surface area contributed by atoms with Crippen LogP contribution in [-0.4, -0.2) is 53.3 Å². The molecule has 1 heterocycles. The third-order valence-electron chi connectivity index (χ3n) is 4.92. The Balaban J connectivity index is 3.22. The van der Waals surface area contributed by atoms with Gasteiger partial charge in [0, 0.05) is 12.5 Å². The zero-order valence-electron chi connectivity index (χ0n) is 13.9. The van der Waals surface area contributed by atoms with Crippen molar-refractivity contribution in [2.75, 3.05) is 13.2 Å². The van der Waals surface area contributed by atoms with Gasteiger partial charge in [-0.15, -0.1) is 0 Å². The van der Waals surface area contributed by atoms with Gasteiger partial charge in [0.1, 0.15) is 12.3 Å². The van der Waals surface area contributed by atoms with E-state index in [1.165, 1.54) is 0 Å². The van der Waals surface area contributed by atoms with Crippen molar-refractivity contribution >= 4 is 18.1 Å². The molecular weight excluding hydrogens is 298 g/mol. The second-order valence-electron chi connectivity index (χ2n) is 6.37. The summed E-state index contributed by atoms with van der Waals surface area (Å²) in [5.41, 5.74) is 9.94. The first kappa shape index (κ1) is 19.6. The Bertz CT molecular complexity index is 430. The number of nitrogens with two attached hydrogens (primary N) is 2. The summed E-state index contributed by atoms with van der Waals surface area (Å²) in [6.07, 6.45) is 4.89. The molecule has 1 aliphatic rings. The van der Waals surface area contributed by atoms with Gasteiger partial charge < -0.3 is 21.4 Å². The Morgan fingerprint density at radius 2 is 2.09 bits per heavy atom. The molecule has 0 radical (unpaired) electrons. The summed E-state index contributed by atoms with van der Waals surface area (Å²) in [6.45, 7) is 2.47. The van der Waals surface area contributed by atoms with E-state index in [0.717, 1.165) is 25.7 Å². The molecule has 3 atom stereocenters. The molecule has 7 heteroatoms. The standard InChI is InChI=1S/C16H29N3O4/c1-2-3-4-7-16(8-10-20,15(18)23)13(14(17)22)19-9-5-6-12(19)11-21/h10,12-13,21H,2-9,11H2,1H3,(H2,17,22)(H2,18,23). The Hall–Kier alpha value is -1.47. The van der Waals surface area contributed by atoms with Crippen LogP contribution >= 0.6 is 0 Å². The predicted molar refractivity (Wildman–Crippen MR) is 86.2 cm³/mol. The molecule has 1 aliphatic heterocycles. The molecule has 0 aromatic heterocycles. The molecule has 23 heavy (non-hydrogen) atoms. The van der Waals surface area contributed by atoms with Crippen molar-refractivity contribution < 1.29 is 19.5 Å². The molecule has 1 rings (SSSR count). The minimum atomic E-state index is -1.31. The van der Waals surface area contributed by atoms with Gasteiger partial charge in [-0.1, -0.05) is 26.2 Å². The molecule has 3 unspecified atom stereocenters. The molecule has 0 bridgehead atoms. The Labute approximate surface area is 137 Å². The van der Waals surface area contributed by atoms with Crippen LogP contribution in [0.15, 0.2) is 0 Å². The number of likely N-dealkylation sites (tertiary alicyclic amines) is 1. The summed E-state index contributed by atoms with van der Waals surface area (Å²) in [4.78, 5) is 37.4. The van der Waals surface area contributed by atoms with Crippen molar-refractivity contribution in [3.8, 4) is 0 Å². The molecule has 0 saturated carbocycles. The first-order valence-corrected chi connectivity index (χ1v) is 8.34. The highest BCUT2D eigenvalue weighted by Gasteiger charge is 2.51. The maximum Gasteiger partial charge on any atom is 0.235 e. The lowest BCUT2D eigenvalue weighted by atomic mass is 9.71. The molecule has 0 aliphatic carbocycles. The molecule has 1 saturated heterocycles. The maximum atomic E-state index is 12.3. The van der Waals surface area contributed by atoms with Crippen molar-refractivity contribution in [2.45, 2.75) is 64.0 Å². The number of hydrogen-bond donors (Lipinski definition) is 3. The summed E-state index contributed by atoms with van der Waals surface area (Å²) in [6, 6.07) is -1.19. The molecule has 132 valence electrons. The fourth-order valence-electron chi connectivity index (χ4n) is 3.70. The van der Waals surface area contributed by atoms with Gasteiger partial charge in [0.15, 0.2) is 0 Å². The van der Waals surface area contributed by atoms with Crippen molar-refractivity contribution in [3.05, 3.63) is 0 Å². The number of carbonyl (C=O) groups excluding carboxylic acids is 3. The number of primary amides is 2. The Morgan fingerprint density at radius 1 is 1.39 bits per heavy atom. The molecule has 7 nitrogen and oxygen atoms in total. The highest BCUT2D eigenvalue weighted by molar-refractivity contribution is 5.93. The van der Waals surface area contributed by atoms with Crippen molar-refractivity contribution in [1.29, 1.82) is 0 Å². The van der Waals surface area contributed by atoms with Crippen LogP contribution < -0.4 is 11.5 Å². The van der Waals surface area contributed by atoms with Crippen LogP contribution in [-0.2, 0) is 14.4 Å². The van der Waals surface area contributed by atoms with E-state index in [1.54, 1.807) is 4.90 Å². The number of aldehydes is 1. The molecule has 0 aromatic carbocycles. The second kappa shape index (κ2) is 8.98. The predicted octanol–water partition coefficient (Wildman–Crippen LogP) is -0.0620. The normalized spacial score (nSPS) is 22.4. The van der Waals surface area contributed by atoms with E-state index in [-0.39, 0.29) is 19.1 Å². The van der Waals surface area contributed by atoms with Crippen LogP contribution in [0, 0.1) is 5.41 Å². The van der Waals surface area contributed by atoms with E-state index < -0.39 is 23.3 Å². The van der Waals surface area contributed by atoms with Crippen molar-refractivity contribution in [3.63, 3.8) is 0 Å². The Morgan fingerprint density at radius 3 is 2.57 bits per heavy atom. The molecule has 2 amide bonds. The van der Waals surface area contributed by atoms with E-state index in [4.69, 9.17) is 11.5 Å². The lowest BCUT2D eigenvalue weighted by Crippen LogP contribution is -2.61. The Kier molecular flexibility index (Phi) is 7.64. The van der Waals surface area contributed by atoms with Crippen LogP contribution in [0.2, 0.25) is 0 Å². The third-order valence-corrected chi connectivity index (χ3v) is 4.92. The minimum Gasteiger partial charge on any atom is -0.395 e. The highest BCUT2D eigenvalue weighted by Crippen LogP contribution is 2.38. The summed E-state index contributed by atoms with van der Waals surface area (Å²) in [5, 5.41) is 9.54. The fourth-order valence-corrected chi connectivity index (χ4v) is 3.70. The van der Waals surface area contributed by atoms with Gasteiger partial charge in [-0.25, -0.2) is 0 Å². The van der Waals surface area contributed by atoms with E-state index >= 15 is 0 Å². The van der Waals surface area contributed by atoms with Gasteiger partial charge >= 0.3 is 0 Å². The van der Waals surface area contributed by atoms with Crippen LogP contribution in [0.4, 0.5) is 0 Å². The number of nitrogens with zero attached hydrogens (tertiary/aromatic N) is 1. The quantitative estimate of drug-likeness (QED) is 0.362. The largest absolute Gasteiger partial charge is 0.395 e. The molecule has 0 spiro atoms. The van der Waals surface area contributed by atoms with Crippen LogP contribution in [0.5, 0.6) is 0 Å². The van der Waals surface area contributed by atoms with E-state index in [1.807, 2.05) is 6.92 Å². The van der Waals surface area contributed by atoms with Crippen LogP contribution in [0.1, 0.15) is 51.9 Å². The maximum absolute atomic E-state index is 12.3. The minimum absolute atomic E-state index is 0.116. The van der Waals surface area contributed by atoms with Crippen molar-refractivity contribution in [2.24, 2.45) is 16.9 Å². The zero-order valence-corrected chi connectivity index (χ0v) is 13.9. The number of aliphatic hydroxyl groups is 1. The monoisotopic (exact) mass is 327 g/mol. The van der Waals surface area contributed by atoms with Gasteiger partial charge in [0.05, 0.1) is 12.0 Å². The zero-order chi connectivity index (χ0) is 17.5. The average Bonchev–Trinajstić information content (AvgIpc) is 2.95. The molecular formula is C16H29N3O4. The average molecular weight is 327 g/mol. The third kappa shape index (κ3) is 4.29. The lowest BCUT2D eigenvalue weighted by Gasteiger charge is -2.42. The van der Waals surface area contributed by atoms with Gasteiger partial charge in [-0.3, -0.25) is 14.5 Å². The van der Waals surface area contributed by atoms with Gasteiger partial charge in [-0.2, -0.15) is 0 Å².